The van der Waals surface area contributed by atoms with Crippen LogP contribution in [0.4, 0.5) is 5.69 Å². The van der Waals surface area contributed by atoms with E-state index < -0.39 is 0 Å². The van der Waals surface area contributed by atoms with Gasteiger partial charge in [-0.1, -0.05) is 11.3 Å². The average Bonchev–Trinajstić information content (AvgIpc) is 2.40. The fourth-order valence-corrected chi connectivity index (χ4v) is 2.41. The zero-order valence-corrected chi connectivity index (χ0v) is 9.97. The second-order valence-corrected chi connectivity index (χ2v) is 4.58. The number of benzene rings is 1. The molecule has 1 aromatic carbocycles. The van der Waals surface area contributed by atoms with Crippen LogP contribution in [-0.4, -0.2) is 28.1 Å². The molecule has 0 radical (unpaired) electrons. The van der Waals surface area contributed by atoms with E-state index in [1.165, 1.54) is 4.68 Å². The molecule has 1 fully saturated rings. The number of fused-ring (bicyclic) bond motifs is 1. The van der Waals surface area contributed by atoms with Crippen molar-refractivity contribution in [3.63, 3.8) is 0 Å². The number of hydrogen-bond donors (Lipinski definition) is 2. The third kappa shape index (κ3) is 1.74. The summed E-state index contributed by atoms with van der Waals surface area (Å²) < 4.78 is 1.46. The fraction of sp³-hybridized carbons (Fsp3) is 0.417. The van der Waals surface area contributed by atoms with Gasteiger partial charge in [0.15, 0.2) is 0 Å². The Morgan fingerprint density at radius 1 is 1.44 bits per heavy atom. The van der Waals surface area contributed by atoms with Crippen molar-refractivity contribution in [2.45, 2.75) is 18.9 Å². The normalized spacial score (nSPS) is 20.1. The van der Waals surface area contributed by atoms with Crippen molar-refractivity contribution in [1.82, 2.24) is 20.3 Å². The molecule has 0 bridgehead atoms. The molecular weight excluding hydrogens is 230 g/mol. The molecule has 1 saturated heterocycles. The average molecular weight is 245 g/mol. The van der Waals surface area contributed by atoms with E-state index in [9.17, 15) is 4.79 Å². The largest absolute Gasteiger partial charge is 0.398 e. The molecular formula is C12H15N5O. The van der Waals surface area contributed by atoms with E-state index in [0.29, 0.717) is 16.6 Å². The minimum atomic E-state index is -0.146. The number of nitrogens with one attached hydrogen (secondary N) is 1. The quantitative estimate of drug-likeness (QED) is 0.706. The van der Waals surface area contributed by atoms with Crippen molar-refractivity contribution in [2.24, 2.45) is 0 Å². The zero-order valence-electron chi connectivity index (χ0n) is 9.97. The molecule has 0 spiro atoms. The molecule has 0 amide bonds. The minimum Gasteiger partial charge on any atom is -0.398 e. The van der Waals surface area contributed by atoms with Crippen molar-refractivity contribution in [3.05, 3.63) is 28.6 Å². The first-order chi connectivity index (χ1) is 8.77. The van der Waals surface area contributed by atoms with Crippen LogP contribution in [0.15, 0.2) is 23.0 Å². The molecule has 94 valence electrons. The highest BCUT2D eigenvalue weighted by molar-refractivity contribution is 5.88. The van der Waals surface area contributed by atoms with Crippen molar-refractivity contribution in [1.29, 1.82) is 0 Å². The summed E-state index contributed by atoms with van der Waals surface area (Å²) in [5.74, 6) is 0. The van der Waals surface area contributed by atoms with Gasteiger partial charge in [-0.3, -0.25) is 4.79 Å². The number of nitrogen functional groups attached to an aromatic ring is 1. The van der Waals surface area contributed by atoms with Crippen LogP contribution in [0.2, 0.25) is 0 Å². The summed E-state index contributed by atoms with van der Waals surface area (Å²) in [4.78, 5) is 12.4. The second kappa shape index (κ2) is 4.38. The highest BCUT2D eigenvalue weighted by Crippen LogP contribution is 2.17. The molecule has 18 heavy (non-hydrogen) atoms. The van der Waals surface area contributed by atoms with E-state index in [0.717, 1.165) is 25.9 Å². The summed E-state index contributed by atoms with van der Waals surface area (Å²) in [6.45, 7) is 1.75. The maximum Gasteiger partial charge on any atom is 0.280 e. The van der Waals surface area contributed by atoms with E-state index >= 15 is 0 Å². The monoisotopic (exact) mass is 245 g/mol. The van der Waals surface area contributed by atoms with Crippen LogP contribution in [0.1, 0.15) is 18.9 Å². The van der Waals surface area contributed by atoms with Gasteiger partial charge in [-0.2, -0.15) is 0 Å². The van der Waals surface area contributed by atoms with E-state index in [2.05, 4.69) is 15.6 Å². The maximum absolute atomic E-state index is 12.4. The lowest BCUT2D eigenvalue weighted by molar-refractivity contribution is 0.328. The van der Waals surface area contributed by atoms with Crippen LogP contribution >= 0.6 is 0 Å². The Balaban J connectivity index is 2.16. The van der Waals surface area contributed by atoms with E-state index in [-0.39, 0.29) is 11.6 Å². The molecule has 3 N–H and O–H groups in total. The van der Waals surface area contributed by atoms with Gasteiger partial charge in [0.05, 0.1) is 11.4 Å². The first-order valence-corrected chi connectivity index (χ1v) is 6.12. The molecule has 6 nitrogen and oxygen atoms in total. The number of aromatic nitrogens is 3. The number of piperidine rings is 1. The lowest BCUT2D eigenvalue weighted by Crippen LogP contribution is -2.38. The lowest BCUT2D eigenvalue weighted by Gasteiger charge is -2.23. The summed E-state index contributed by atoms with van der Waals surface area (Å²) in [6, 6.07) is 5.32. The summed E-state index contributed by atoms with van der Waals surface area (Å²) in [6.07, 6.45) is 1.99. The Hall–Kier alpha value is -1.95. The Morgan fingerprint density at radius 3 is 3.11 bits per heavy atom. The van der Waals surface area contributed by atoms with Crippen molar-refractivity contribution < 1.29 is 0 Å². The predicted molar refractivity (Wildman–Crippen MR) is 69.4 cm³/mol. The first-order valence-electron chi connectivity index (χ1n) is 6.12. The van der Waals surface area contributed by atoms with Gasteiger partial charge < -0.3 is 11.1 Å². The fourth-order valence-electron chi connectivity index (χ4n) is 2.41. The number of hydrogen-bond acceptors (Lipinski definition) is 5. The molecule has 6 heteroatoms. The zero-order chi connectivity index (χ0) is 12.5. The lowest BCUT2D eigenvalue weighted by atomic mass is 10.1. The SMILES string of the molecule is Nc1cccc2nnn(C3CCCNC3)c(=O)c12. The molecule has 2 heterocycles. The maximum atomic E-state index is 12.4. The van der Waals surface area contributed by atoms with Crippen LogP contribution in [-0.2, 0) is 0 Å². The number of rotatable bonds is 1. The van der Waals surface area contributed by atoms with Crippen LogP contribution < -0.4 is 16.6 Å². The molecule has 1 aliphatic heterocycles. The van der Waals surface area contributed by atoms with Gasteiger partial charge in [-0.25, -0.2) is 4.68 Å². The van der Waals surface area contributed by atoms with Crippen molar-refractivity contribution in [3.8, 4) is 0 Å². The molecule has 1 unspecified atom stereocenters. The molecule has 2 aromatic rings. The standard InChI is InChI=1S/C12H15N5O/c13-9-4-1-5-10-11(9)12(18)17(16-15-10)8-3-2-6-14-7-8/h1,4-5,8,14H,2-3,6-7,13H2. The highest BCUT2D eigenvalue weighted by atomic mass is 16.1. The smallest absolute Gasteiger partial charge is 0.280 e. The molecule has 0 aliphatic carbocycles. The molecule has 1 aromatic heterocycles. The number of nitrogens with two attached hydrogens (primary N) is 1. The molecule has 3 rings (SSSR count). The van der Waals surface area contributed by atoms with E-state index in [1.54, 1.807) is 18.2 Å². The minimum absolute atomic E-state index is 0.0720. The van der Waals surface area contributed by atoms with Crippen LogP contribution in [0, 0.1) is 0 Å². The Morgan fingerprint density at radius 2 is 2.33 bits per heavy atom. The van der Waals surface area contributed by atoms with Crippen LogP contribution in [0.25, 0.3) is 10.9 Å². The van der Waals surface area contributed by atoms with Gasteiger partial charge in [0.25, 0.3) is 5.56 Å². The van der Waals surface area contributed by atoms with Gasteiger partial charge in [-0.05, 0) is 31.5 Å². The van der Waals surface area contributed by atoms with Gasteiger partial charge in [0, 0.05) is 12.2 Å². The van der Waals surface area contributed by atoms with Gasteiger partial charge >= 0.3 is 0 Å². The molecule has 1 aliphatic rings. The van der Waals surface area contributed by atoms with Gasteiger partial charge in [-0.15, -0.1) is 5.10 Å². The van der Waals surface area contributed by atoms with E-state index in [1.807, 2.05) is 0 Å². The highest BCUT2D eigenvalue weighted by Gasteiger charge is 2.19. The predicted octanol–water partition coefficient (Wildman–Crippen LogP) is 0.298. The number of anilines is 1. The topological polar surface area (TPSA) is 85.8 Å². The summed E-state index contributed by atoms with van der Waals surface area (Å²) >= 11 is 0. The second-order valence-electron chi connectivity index (χ2n) is 4.58. The summed E-state index contributed by atoms with van der Waals surface area (Å²) in [5, 5.41) is 11.8. The Kier molecular flexibility index (Phi) is 2.71. The number of nitrogens with zero attached hydrogens (tertiary/aromatic N) is 3. The molecule has 0 saturated carbocycles. The first kappa shape index (κ1) is 11.2. The molecule has 1 atom stereocenters. The Bertz CT molecular complexity index is 630. The summed E-state index contributed by atoms with van der Waals surface area (Å²) in [7, 11) is 0. The van der Waals surface area contributed by atoms with E-state index in [4.69, 9.17) is 5.73 Å². The van der Waals surface area contributed by atoms with Crippen LogP contribution in [0.3, 0.4) is 0 Å². The summed E-state index contributed by atoms with van der Waals surface area (Å²) in [5.41, 5.74) is 6.73. The van der Waals surface area contributed by atoms with Crippen molar-refractivity contribution >= 4 is 16.6 Å². The third-order valence-corrected chi connectivity index (χ3v) is 3.36. The third-order valence-electron chi connectivity index (χ3n) is 3.36. The Labute approximate surface area is 104 Å². The van der Waals surface area contributed by atoms with Crippen molar-refractivity contribution in [2.75, 3.05) is 18.8 Å². The van der Waals surface area contributed by atoms with Gasteiger partial charge in [0.1, 0.15) is 5.52 Å². The van der Waals surface area contributed by atoms with Gasteiger partial charge in [0.2, 0.25) is 0 Å². The van der Waals surface area contributed by atoms with Crippen LogP contribution in [0.5, 0.6) is 0 Å².